The van der Waals surface area contributed by atoms with Gasteiger partial charge in [0, 0.05) is 18.3 Å². The van der Waals surface area contributed by atoms with Gasteiger partial charge < -0.3 is 9.26 Å². The van der Waals surface area contributed by atoms with E-state index in [9.17, 15) is 13.2 Å². The van der Waals surface area contributed by atoms with Crippen LogP contribution in [0.1, 0.15) is 76.4 Å². The molecule has 5 rings (SSSR count). The van der Waals surface area contributed by atoms with Gasteiger partial charge in [0.15, 0.2) is 17.0 Å². The van der Waals surface area contributed by atoms with E-state index in [-0.39, 0.29) is 47.1 Å². The minimum atomic E-state index is -4.21. The number of sulfonamides is 1. The Balaban J connectivity index is 1.32. The van der Waals surface area contributed by atoms with Crippen molar-refractivity contribution < 1.29 is 26.9 Å². The fourth-order valence-corrected chi connectivity index (χ4v) is 5.39. The van der Waals surface area contributed by atoms with Gasteiger partial charge in [-0.25, -0.2) is 22.5 Å². The number of amides is 1. The van der Waals surface area contributed by atoms with Crippen LogP contribution in [0.4, 0.5) is 4.39 Å². The van der Waals surface area contributed by atoms with Gasteiger partial charge in [-0.15, -0.1) is 5.10 Å². The van der Waals surface area contributed by atoms with Crippen LogP contribution in [0, 0.1) is 5.82 Å². The summed E-state index contributed by atoms with van der Waals surface area (Å²) in [6.07, 6.45) is 4.21. The van der Waals surface area contributed by atoms with Gasteiger partial charge in [0.2, 0.25) is 17.7 Å². The third-order valence-electron chi connectivity index (χ3n) is 6.51. The number of ether oxygens (including phenoxy) is 1. The third-order valence-corrected chi connectivity index (χ3v) is 7.88. The molecule has 1 aliphatic carbocycles. The molecule has 1 fully saturated rings. The second kappa shape index (κ2) is 10.6. The zero-order valence-corrected chi connectivity index (χ0v) is 22.4. The van der Waals surface area contributed by atoms with E-state index in [1.54, 1.807) is 0 Å². The first-order valence-corrected chi connectivity index (χ1v) is 14.1. The number of fused-ring (bicyclic) bond motifs is 1. The molecule has 1 N–H and O–H groups in total. The highest BCUT2D eigenvalue weighted by Gasteiger charge is 2.29. The van der Waals surface area contributed by atoms with Crippen molar-refractivity contribution in [2.75, 3.05) is 0 Å². The number of halogens is 1. The van der Waals surface area contributed by atoms with Crippen LogP contribution in [0.15, 0.2) is 33.9 Å². The first-order valence-electron chi connectivity index (χ1n) is 12.6. The number of carbonyl (C=O) groups is 1. The molecule has 0 unspecified atom stereocenters. The molecule has 0 aliphatic heterocycles. The maximum absolute atomic E-state index is 15.0. The molecule has 15 heteroatoms. The second-order valence-corrected chi connectivity index (χ2v) is 11.3. The molecule has 1 aliphatic rings. The van der Waals surface area contributed by atoms with Gasteiger partial charge in [0.05, 0.1) is 4.90 Å². The number of nitrogens with zero attached hydrogens (tertiary/aromatic N) is 7. The van der Waals surface area contributed by atoms with E-state index >= 15 is 4.39 Å². The molecule has 0 bridgehead atoms. The summed E-state index contributed by atoms with van der Waals surface area (Å²) in [5.74, 6) is 0.342. The fourth-order valence-electron chi connectivity index (χ4n) is 4.32. The number of aromatic nitrogens is 7. The van der Waals surface area contributed by atoms with E-state index < -0.39 is 26.6 Å². The first kappa shape index (κ1) is 26.6. The quantitative estimate of drug-likeness (QED) is 0.337. The standard InChI is InChI=1S/C24H27FN8O5S/c1-4-19(34)31-39(35,36)16-9-10-18(17(25)11-16)33-22-20(29-32-33)24(27-12-26-22)37-15-7-5-14(6-8-15)23-28-21(13(2)3)30-38-23/h9-15H,4-8H2,1-3H3,(H,31,34). The highest BCUT2D eigenvalue weighted by Crippen LogP contribution is 2.35. The summed E-state index contributed by atoms with van der Waals surface area (Å²) in [4.78, 5) is 24.0. The molecule has 0 saturated heterocycles. The van der Waals surface area contributed by atoms with Crippen molar-refractivity contribution in [3.05, 3.63) is 42.1 Å². The number of nitrogens with one attached hydrogen (secondary N) is 1. The van der Waals surface area contributed by atoms with E-state index in [0.29, 0.717) is 11.7 Å². The van der Waals surface area contributed by atoms with E-state index in [0.717, 1.165) is 36.4 Å². The topological polar surface area (TPSA) is 168 Å². The van der Waals surface area contributed by atoms with Crippen LogP contribution in [-0.2, 0) is 14.8 Å². The van der Waals surface area contributed by atoms with E-state index in [4.69, 9.17) is 9.26 Å². The molecule has 1 amide bonds. The maximum atomic E-state index is 15.0. The maximum Gasteiger partial charge on any atom is 0.264 e. The molecule has 39 heavy (non-hydrogen) atoms. The summed E-state index contributed by atoms with van der Waals surface area (Å²) >= 11 is 0. The summed E-state index contributed by atoms with van der Waals surface area (Å²) in [5, 5.41) is 12.1. The van der Waals surface area contributed by atoms with Crippen LogP contribution >= 0.6 is 0 Å². The van der Waals surface area contributed by atoms with Crippen LogP contribution < -0.4 is 9.46 Å². The number of hydrogen-bond acceptors (Lipinski definition) is 11. The van der Waals surface area contributed by atoms with Crippen LogP contribution in [0.5, 0.6) is 5.88 Å². The van der Waals surface area contributed by atoms with Gasteiger partial charge in [-0.05, 0) is 43.9 Å². The monoisotopic (exact) mass is 558 g/mol. The highest BCUT2D eigenvalue weighted by atomic mass is 32.2. The number of benzene rings is 1. The summed E-state index contributed by atoms with van der Waals surface area (Å²) in [5.41, 5.74) is 0.350. The van der Waals surface area contributed by atoms with Crippen molar-refractivity contribution in [1.29, 1.82) is 0 Å². The lowest BCUT2D eigenvalue weighted by molar-refractivity contribution is -0.119. The number of hydrogen-bond donors (Lipinski definition) is 1. The van der Waals surface area contributed by atoms with Crippen LogP contribution in [0.25, 0.3) is 16.9 Å². The number of rotatable bonds is 8. The smallest absolute Gasteiger partial charge is 0.264 e. The summed E-state index contributed by atoms with van der Waals surface area (Å²) in [6.45, 7) is 5.54. The Labute approximate surface area is 223 Å². The van der Waals surface area contributed by atoms with Crippen molar-refractivity contribution in [2.24, 2.45) is 0 Å². The minimum absolute atomic E-state index is 0.0336. The van der Waals surface area contributed by atoms with E-state index in [2.05, 4.69) is 30.4 Å². The Morgan fingerprint density at radius 3 is 2.67 bits per heavy atom. The van der Waals surface area contributed by atoms with Gasteiger partial charge in [0.1, 0.15) is 23.9 Å². The average Bonchev–Trinajstić information content (AvgIpc) is 3.58. The van der Waals surface area contributed by atoms with Crippen molar-refractivity contribution in [3.8, 4) is 11.6 Å². The molecule has 3 aromatic heterocycles. The summed E-state index contributed by atoms with van der Waals surface area (Å²) < 4.78 is 54.3. The van der Waals surface area contributed by atoms with Gasteiger partial charge in [-0.3, -0.25) is 4.79 Å². The Bertz CT molecular complexity index is 1610. The lowest BCUT2D eigenvalue weighted by Gasteiger charge is -2.26. The van der Waals surface area contributed by atoms with Gasteiger partial charge in [-0.1, -0.05) is 31.1 Å². The molecule has 206 valence electrons. The van der Waals surface area contributed by atoms with E-state index in [1.165, 1.54) is 25.4 Å². The predicted molar refractivity (Wildman–Crippen MR) is 134 cm³/mol. The van der Waals surface area contributed by atoms with Crippen molar-refractivity contribution in [1.82, 2.24) is 39.8 Å². The molecule has 0 spiro atoms. The minimum Gasteiger partial charge on any atom is -0.473 e. The Kier molecular flexibility index (Phi) is 7.25. The molecule has 0 atom stereocenters. The van der Waals surface area contributed by atoms with Crippen LogP contribution in [0.3, 0.4) is 0 Å². The zero-order chi connectivity index (χ0) is 27.7. The average molecular weight is 559 g/mol. The SMILES string of the molecule is CCC(=O)NS(=O)(=O)c1ccc(-n2nnc3c(OC4CCC(c5nc(C(C)C)no5)CC4)ncnc32)c(F)c1. The Morgan fingerprint density at radius 1 is 1.23 bits per heavy atom. The lowest BCUT2D eigenvalue weighted by Crippen LogP contribution is -2.29. The van der Waals surface area contributed by atoms with Gasteiger partial charge >= 0.3 is 0 Å². The predicted octanol–water partition coefficient (Wildman–Crippen LogP) is 3.18. The fraction of sp³-hybridized carbons (Fsp3) is 0.458. The Morgan fingerprint density at radius 2 is 2.00 bits per heavy atom. The first-order chi connectivity index (χ1) is 18.7. The summed E-state index contributed by atoms with van der Waals surface area (Å²) in [7, 11) is -4.21. The largest absolute Gasteiger partial charge is 0.473 e. The molecule has 1 aromatic carbocycles. The second-order valence-electron chi connectivity index (χ2n) is 9.58. The third kappa shape index (κ3) is 5.44. The normalized spacial score (nSPS) is 18.0. The van der Waals surface area contributed by atoms with Crippen molar-refractivity contribution in [2.45, 2.75) is 75.7 Å². The van der Waals surface area contributed by atoms with Crippen molar-refractivity contribution in [3.63, 3.8) is 0 Å². The molecule has 0 radical (unpaired) electrons. The van der Waals surface area contributed by atoms with Crippen LogP contribution in [-0.4, -0.2) is 55.5 Å². The van der Waals surface area contributed by atoms with Gasteiger partial charge in [0.25, 0.3) is 10.0 Å². The lowest BCUT2D eigenvalue weighted by atomic mass is 9.87. The molecular formula is C24H27FN8O5S. The summed E-state index contributed by atoms with van der Waals surface area (Å²) in [6, 6.07) is 3.20. The molecule has 4 aromatic rings. The number of carbonyl (C=O) groups excluding carboxylic acids is 1. The molecular weight excluding hydrogens is 531 g/mol. The molecule has 1 saturated carbocycles. The van der Waals surface area contributed by atoms with Crippen molar-refractivity contribution >= 4 is 27.1 Å². The van der Waals surface area contributed by atoms with Gasteiger partial charge in [-0.2, -0.15) is 14.6 Å². The highest BCUT2D eigenvalue weighted by molar-refractivity contribution is 7.90. The molecule has 3 heterocycles. The zero-order valence-electron chi connectivity index (χ0n) is 21.5. The van der Waals surface area contributed by atoms with Crippen LogP contribution in [0.2, 0.25) is 0 Å². The Hall–Kier alpha value is -4.01. The van der Waals surface area contributed by atoms with E-state index in [1.807, 2.05) is 18.6 Å². The molecule has 13 nitrogen and oxygen atoms in total.